The number of alkyl halides is 3. The first-order chi connectivity index (χ1) is 14.4. The van der Waals surface area contributed by atoms with E-state index in [1.165, 1.54) is 12.1 Å². The molecule has 0 saturated carbocycles. The van der Waals surface area contributed by atoms with Crippen molar-refractivity contribution in [1.29, 1.82) is 0 Å². The molecule has 4 rings (SSSR count). The van der Waals surface area contributed by atoms with Crippen LogP contribution in [-0.2, 0) is 23.9 Å². The number of anilines is 1. The van der Waals surface area contributed by atoms with E-state index in [1.54, 1.807) is 12.1 Å². The molecule has 1 aliphatic heterocycles. The van der Waals surface area contributed by atoms with Crippen molar-refractivity contribution < 1.29 is 22.7 Å². The average molecular weight is 416 g/mol. The van der Waals surface area contributed by atoms with Crippen molar-refractivity contribution in [2.75, 3.05) is 11.9 Å². The quantitative estimate of drug-likeness (QED) is 0.673. The summed E-state index contributed by atoms with van der Waals surface area (Å²) in [7, 11) is 0. The smallest absolute Gasteiger partial charge is 0.416 e. The summed E-state index contributed by atoms with van der Waals surface area (Å²) >= 11 is 0. The first-order valence-electron chi connectivity index (χ1n) is 9.52. The van der Waals surface area contributed by atoms with E-state index in [1.807, 2.05) is 12.1 Å². The van der Waals surface area contributed by atoms with E-state index in [4.69, 9.17) is 4.74 Å². The second-order valence-corrected chi connectivity index (χ2v) is 6.99. The van der Waals surface area contributed by atoms with Gasteiger partial charge >= 0.3 is 6.18 Å². The van der Waals surface area contributed by atoms with Crippen LogP contribution in [0.1, 0.15) is 24.2 Å². The molecule has 6 nitrogen and oxygen atoms in total. The highest BCUT2D eigenvalue weighted by atomic mass is 19.4. The van der Waals surface area contributed by atoms with Crippen molar-refractivity contribution in [1.82, 2.24) is 14.8 Å². The van der Waals surface area contributed by atoms with Gasteiger partial charge in [-0.05, 0) is 55.3 Å². The zero-order valence-electron chi connectivity index (χ0n) is 15.9. The van der Waals surface area contributed by atoms with Crippen molar-refractivity contribution >= 4 is 11.6 Å². The number of aromatic nitrogens is 3. The number of hydrogen-bond acceptors (Lipinski definition) is 4. The van der Waals surface area contributed by atoms with Crippen LogP contribution >= 0.6 is 0 Å². The standard InChI is InChI=1S/C21H19F3N4O2/c22-21(23,24)15-4-3-5-16(12-15)25-19(29)13-30-17-9-7-14(8-10-17)20-27-26-18-6-1-2-11-28(18)20/h3-5,7-10,12H,1-2,6,11,13H2,(H,25,29). The monoisotopic (exact) mass is 416 g/mol. The van der Waals surface area contributed by atoms with E-state index >= 15 is 0 Å². The van der Waals surface area contributed by atoms with Gasteiger partial charge in [-0.1, -0.05) is 6.07 Å². The van der Waals surface area contributed by atoms with Gasteiger partial charge in [-0.3, -0.25) is 4.79 Å². The molecule has 1 aromatic heterocycles. The molecule has 0 saturated heterocycles. The van der Waals surface area contributed by atoms with Crippen LogP contribution < -0.4 is 10.1 Å². The first-order valence-corrected chi connectivity index (χ1v) is 9.52. The zero-order valence-corrected chi connectivity index (χ0v) is 15.9. The lowest BCUT2D eigenvalue weighted by Crippen LogP contribution is -2.20. The third-order valence-corrected chi connectivity index (χ3v) is 4.82. The Bertz CT molecular complexity index is 1050. The number of halogens is 3. The van der Waals surface area contributed by atoms with Crippen LogP contribution in [0.2, 0.25) is 0 Å². The Morgan fingerprint density at radius 1 is 1.10 bits per heavy atom. The number of ether oxygens (including phenoxy) is 1. The van der Waals surface area contributed by atoms with Crippen LogP contribution in [0, 0.1) is 0 Å². The number of benzene rings is 2. The van der Waals surface area contributed by atoms with Crippen molar-refractivity contribution in [3.63, 3.8) is 0 Å². The molecule has 0 radical (unpaired) electrons. The minimum absolute atomic E-state index is 0.0605. The fourth-order valence-corrected chi connectivity index (χ4v) is 3.34. The summed E-state index contributed by atoms with van der Waals surface area (Å²) in [6.07, 6.45) is -1.33. The molecular formula is C21H19F3N4O2. The molecule has 2 heterocycles. The number of nitrogens with zero attached hydrogens (tertiary/aromatic N) is 3. The number of rotatable bonds is 5. The fraction of sp³-hybridized carbons (Fsp3) is 0.286. The first kappa shape index (κ1) is 19.9. The minimum atomic E-state index is -4.47. The number of amides is 1. The maximum atomic E-state index is 12.8. The number of carbonyl (C=O) groups excluding carboxylic acids is 1. The molecule has 0 atom stereocenters. The average Bonchev–Trinajstić information content (AvgIpc) is 3.16. The second kappa shape index (κ2) is 8.17. The molecule has 0 bridgehead atoms. The van der Waals surface area contributed by atoms with Gasteiger partial charge in [0.1, 0.15) is 11.6 Å². The highest BCUT2D eigenvalue weighted by Crippen LogP contribution is 2.30. The van der Waals surface area contributed by atoms with Crippen LogP contribution in [0.25, 0.3) is 11.4 Å². The summed E-state index contributed by atoms with van der Waals surface area (Å²) in [6.45, 7) is 0.571. The van der Waals surface area contributed by atoms with E-state index in [0.29, 0.717) is 5.75 Å². The molecule has 1 amide bonds. The SMILES string of the molecule is O=C(COc1ccc(-c2nnc3n2CCCC3)cc1)Nc1cccc(C(F)(F)F)c1. The Kier molecular flexibility index (Phi) is 5.43. The van der Waals surface area contributed by atoms with Gasteiger partial charge in [0.25, 0.3) is 5.91 Å². The van der Waals surface area contributed by atoms with E-state index in [-0.39, 0.29) is 12.3 Å². The summed E-state index contributed by atoms with van der Waals surface area (Å²) in [5.74, 6) is 1.71. The van der Waals surface area contributed by atoms with E-state index < -0.39 is 17.6 Å². The van der Waals surface area contributed by atoms with Crippen molar-refractivity contribution in [2.24, 2.45) is 0 Å². The second-order valence-electron chi connectivity index (χ2n) is 6.99. The number of nitrogens with one attached hydrogen (secondary N) is 1. The molecule has 1 N–H and O–H groups in total. The lowest BCUT2D eigenvalue weighted by Gasteiger charge is -2.14. The Morgan fingerprint density at radius 3 is 2.67 bits per heavy atom. The lowest BCUT2D eigenvalue weighted by atomic mass is 10.1. The molecular weight excluding hydrogens is 397 g/mol. The third kappa shape index (κ3) is 4.45. The lowest BCUT2D eigenvalue weighted by molar-refractivity contribution is -0.137. The predicted molar refractivity (Wildman–Crippen MR) is 104 cm³/mol. The molecule has 1 aliphatic rings. The Labute approximate surface area is 170 Å². The highest BCUT2D eigenvalue weighted by molar-refractivity contribution is 5.91. The van der Waals surface area contributed by atoms with Crippen LogP contribution in [0.3, 0.4) is 0 Å². The largest absolute Gasteiger partial charge is 0.484 e. The van der Waals surface area contributed by atoms with Gasteiger partial charge in [0.05, 0.1) is 5.56 Å². The molecule has 3 aromatic rings. The normalized spacial score (nSPS) is 13.6. The molecule has 0 spiro atoms. The van der Waals surface area contributed by atoms with E-state index in [2.05, 4.69) is 20.1 Å². The summed E-state index contributed by atoms with van der Waals surface area (Å²) < 4.78 is 45.8. The fourth-order valence-electron chi connectivity index (χ4n) is 3.34. The van der Waals surface area contributed by atoms with Crippen LogP contribution in [-0.4, -0.2) is 27.3 Å². The van der Waals surface area contributed by atoms with Crippen molar-refractivity contribution in [2.45, 2.75) is 32.0 Å². The third-order valence-electron chi connectivity index (χ3n) is 4.82. The van der Waals surface area contributed by atoms with Gasteiger partial charge < -0.3 is 14.6 Å². The van der Waals surface area contributed by atoms with Crippen LogP contribution in [0.4, 0.5) is 18.9 Å². The maximum Gasteiger partial charge on any atom is 0.416 e. The molecule has 0 aliphatic carbocycles. The summed E-state index contributed by atoms with van der Waals surface area (Å²) in [5.41, 5.74) is 0.134. The number of carbonyl (C=O) groups is 1. The van der Waals surface area contributed by atoms with Gasteiger partial charge in [0, 0.05) is 24.2 Å². The zero-order chi connectivity index (χ0) is 21.1. The van der Waals surface area contributed by atoms with Crippen molar-refractivity contribution in [3.8, 4) is 17.1 Å². The van der Waals surface area contributed by atoms with Crippen LogP contribution in [0.5, 0.6) is 5.75 Å². The molecule has 9 heteroatoms. The maximum absolute atomic E-state index is 12.8. The minimum Gasteiger partial charge on any atom is -0.484 e. The molecule has 0 fully saturated rings. The number of aryl methyl sites for hydroxylation is 1. The molecule has 2 aromatic carbocycles. The topological polar surface area (TPSA) is 69.0 Å². The molecule has 30 heavy (non-hydrogen) atoms. The summed E-state index contributed by atoms with van der Waals surface area (Å²) in [4.78, 5) is 12.0. The Morgan fingerprint density at radius 2 is 1.90 bits per heavy atom. The summed E-state index contributed by atoms with van der Waals surface area (Å²) in [5, 5.41) is 10.9. The van der Waals surface area contributed by atoms with Crippen LogP contribution in [0.15, 0.2) is 48.5 Å². The van der Waals surface area contributed by atoms with Gasteiger partial charge in [-0.2, -0.15) is 13.2 Å². The van der Waals surface area contributed by atoms with Gasteiger partial charge in [-0.25, -0.2) is 0 Å². The van der Waals surface area contributed by atoms with E-state index in [0.717, 1.165) is 55.2 Å². The number of hydrogen-bond donors (Lipinski definition) is 1. The Hall–Kier alpha value is -3.36. The molecule has 156 valence electrons. The van der Waals surface area contributed by atoms with Gasteiger partial charge in [-0.15, -0.1) is 10.2 Å². The predicted octanol–water partition coefficient (Wildman–Crippen LogP) is 4.32. The van der Waals surface area contributed by atoms with Gasteiger partial charge in [0.2, 0.25) is 0 Å². The van der Waals surface area contributed by atoms with Gasteiger partial charge in [0.15, 0.2) is 12.4 Å². The highest BCUT2D eigenvalue weighted by Gasteiger charge is 2.30. The molecule has 0 unspecified atom stereocenters. The summed E-state index contributed by atoms with van der Waals surface area (Å²) in [6, 6.07) is 11.6. The van der Waals surface area contributed by atoms with Crippen molar-refractivity contribution in [3.05, 3.63) is 59.9 Å². The Balaban J connectivity index is 1.35. The number of fused-ring (bicyclic) bond motifs is 1. The van der Waals surface area contributed by atoms with E-state index in [9.17, 15) is 18.0 Å².